The van der Waals surface area contributed by atoms with Gasteiger partial charge in [0.25, 0.3) is 10.0 Å². The minimum Gasteiger partial charge on any atom is -0.262 e. The number of aryl methyl sites for hydroxylation is 1. The van der Waals surface area contributed by atoms with Crippen molar-refractivity contribution in [2.24, 2.45) is 0 Å². The van der Waals surface area contributed by atoms with E-state index in [1.807, 2.05) is 19.1 Å². The van der Waals surface area contributed by atoms with Crippen molar-refractivity contribution >= 4 is 38.3 Å². The third-order valence-corrected chi connectivity index (χ3v) is 6.89. The second-order valence-corrected chi connectivity index (χ2v) is 8.28. The number of nitrogens with zero attached hydrogens (tertiary/aromatic N) is 2. The van der Waals surface area contributed by atoms with Crippen LogP contribution >= 0.6 is 22.6 Å². The van der Waals surface area contributed by atoms with Crippen LogP contribution in [0, 0.1) is 18.3 Å². The Morgan fingerprint density at radius 1 is 1.26 bits per heavy atom. The highest BCUT2D eigenvalue weighted by Crippen LogP contribution is 2.38. The number of rotatable bonds is 3. The van der Waals surface area contributed by atoms with Crippen molar-refractivity contribution < 1.29 is 8.42 Å². The molecule has 0 amide bonds. The second-order valence-electron chi connectivity index (χ2n) is 5.58. The molecule has 0 saturated carbocycles. The van der Waals surface area contributed by atoms with Crippen LogP contribution < -0.4 is 4.31 Å². The minimum absolute atomic E-state index is 0.120. The van der Waals surface area contributed by atoms with E-state index in [1.54, 1.807) is 30.3 Å². The Morgan fingerprint density at radius 2 is 1.96 bits per heavy atom. The van der Waals surface area contributed by atoms with Crippen LogP contribution in [0.2, 0.25) is 0 Å². The first kappa shape index (κ1) is 16.3. The quantitative estimate of drug-likeness (QED) is 0.545. The zero-order chi connectivity index (χ0) is 16.6. The van der Waals surface area contributed by atoms with E-state index >= 15 is 0 Å². The molecule has 0 bridgehead atoms. The van der Waals surface area contributed by atoms with E-state index in [1.165, 1.54) is 4.31 Å². The van der Waals surface area contributed by atoms with Crippen molar-refractivity contribution in [1.82, 2.24) is 0 Å². The molecule has 3 rings (SSSR count). The predicted molar refractivity (Wildman–Crippen MR) is 98.4 cm³/mol. The van der Waals surface area contributed by atoms with Gasteiger partial charge in [0, 0.05) is 4.43 Å². The molecule has 1 heterocycles. The fourth-order valence-electron chi connectivity index (χ4n) is 2.83. The maximum absolute atomic E-state index is 13.1. The molecule has 2 aromatic carbocycles. The summed E-state index contributed by atoms with van der Waals surface area (Å²) >= 11 is 2.21. The van der Waals surface area contributed by atoms with Crippen LogP contribution in [0.25, 0.3) is 0 Å². The van der Waals surface area contributed by atoms with Crippen LogP contribution in [0.3, 0.4) is 0 Å². The van der Waals surface area contributed by atoms with Gasteiger partial charge in [0.15, 0.2) is 0 Å². The molecule has 4 nitrogen and oxygen atoms in total. The van der Waals surface area contributed by atoms with Gasteiger partial charge in [0.05, 0.1) is 28.3 Å². The molecule has 0 saturated heterocycles. The molecule has 0 fully saturated rings. The number of anilines is 1. The SMILES string of the molecule is Cc1ccc(S(=O)(=O)N2c3ccc(C#N)cc3C[C@H]2CI)cc1. The fourth-order valence-corrected chi connectivity index (χ4v) is 5.49. The average Bonchev–Trinajstić information content (AvgIpc) is 2.93. The van der Waals surface area contributed by atoms with Gasteiger partial charge in [0.1, 0.15) is 0 Å². The fraction of sp³-hybridized carbons (Fsp3) is 0.235. The molecule has 0 aliphatic carbocycles. The van der Waals surface area contributed by atoms with E-state index in [9.17, 15) is 8.42 Å². The standard InChI is InChI=1S/C17H15IN2O2S/c1-12-2-5-16(6-3-12)23(21,22)20-15(10-18)9-14-8-13(11-19)4-7-17(14)20/h2-8,15H,9-10H2,1H3/t15-/m0/s1. The zero-order valence-electron chi connectivity index (χ0n) is 12.5. The van der Waals surface area contributed by atoms with Crippen LogP contribution in [0.4, 0.5) is 5.69 Å². The molecular formula is C17H15IN2O2S. The summed E-state index contributed by atoms with van der Waals surface area (Å²) in [5, 5.41) is 9.04. The Bertz CT molecular complexity index is 886. The van der Waals surface area contributed by atoms with Gasteiger partial charge in [-0.1, -0.05) is 40.3 Å². The maximum Gasteiger partial charge on any atom is 0.264 e. The summed E-state index contributed by atoms with van der Waals surface area (Å²) in [7, 11) is -3.60. The molecule has 1 atom stereocenters. The van der Waals surface area contributed by atoms with Crippen molar-refractivity contribution in [1.29, 1.82) is 5.26 Å². The first-order valence-corrected chi connectivity index (χ1v) is 10.1. The maximum atomic E-state index is 13.1. The number of alkyl halides is 1. The summed E-state index contributed by atoms with van der Waals surface area (Å²) in [5.41, 5.74) is 3.19. The summed E-state index contributed by atoms with van der Waals surface area (Å²) in [6.07, 6.45) is 0.638. The molecule has 1 aliphatic heterocycles. The summed E-state index contributed by atoms with van der Waals surface area (Å²) < 4.78 is 28.4. The van der Waals surface area contributed by atoms with Gasteiger partial charge in [-0.05, 0) is 49.2 Å². The van der Waals surface area contributed by atoms with Crippen LogP contribution in [-0.4, -0.2) is 18.9 Å². The normalized spacial score (nSPS) is 16.9. The number of hydrogen-bond acceptors (Lipinski definition) is 3. The Hall–Kier alpha value is -1.59. The smallest absolute Gasteiger partial charge is 0.262 e. The summed E-state index contributed by atoms with van der Waals surface area (Å²) in [6, 6.07) is 14.1. The van der Waals surface area contributed by atoms with E-state index in [4.69, 9.17) is 5.26 Å². The Kier molecular flexibility index (Phi) is 4.34. The van der Waals surface area contributed by atoms with Gasteiger partial charge in [-0.2, -0.15) is 5.26 Å². The Morgan fingerprint density at radius 3 is 2.57 bits per heavy atom. The zero-order valence-corrected chi connectivity index (χ0v) is 15.5. The highest BCUT2D eigenvalue weighted by molar-refractivity contribution is 14.1. The van der Waals surface area contributed by atoms with Gasteiger partial charge in [-0.15, -0.1) is 0 Å². The second kappa shape index (κ2) is 6.13. The van der Waals surface area contributed by atoms with E-state index in [2.05, 4.69) is 28.7 Å². The van der Waals surface area contributed by atoms with Gasteiger partial charge < -0.3 is 0 Å². The molecular weight excluding hydrogens is 423 g/mol. The lowest BCUT2D eigenvalue weighted by Gasteiger charge is -2.25. The van der Waals surface area contributed by atoms with Crippen molar-refractivity contribution in [2.75, 3.05) is 8.73 Å². The molecule has 2 aromatic rings. The molecule has 0 N–H and O–H groups in total. The molecule has 0 spiro atoms. The van der Waals surface area contributed by atoms with E-state index in [-0.39, 0.29) is 6.04 Å². The number of hydrogen-bond donors (Lipinski definition) is 0. The van der Waals surface area contributed by atoms with Crippen molar-refractivity contribution in [3.8, 4) is 6.07 Å². The van der Waals surface area contributed by atoms with E-state index < -0.39 is 10.0 Å². The third kappa shape index (κ3) is 2.83. The van der Waals surface area contributed by atoms with E-state index in [0.717, 1.165) is 11.1 Å². The number of nitriles is 1. The first-order valence-electron chi connectivity index (χ1n) is 7.17. The molecule has 0 aromatic heterocycles. The molecule has 118 valence electrons. The van der Waals surface area contributed by atoms with Crippen LogP contribution in [0.5, 0.6) is 0 Å². The highest BCUT2D eigenvalue weighted by Gasteiger charge is 2.37. The lowest BCUT2D eigenvalue weighted by atomic mass is 10.1. The third-order valence-electron chi connectivity index (χ3n) is 3.99. The number of fused-ring (bicyclic) bond motifs is 1. The Labute approximate surface area is 149 Å². The largest absolute Gasteiger partial charge is 0.264 e. The highest BCUT2D eigenvalue weighted by atomic mass is 127. The van der Waals surface area contributed by atoms with Gasteiger partial charge in [-0.25, -0.2) is 8.42 Å². The summed E-state index contributed by atoms with van der Waals surface area (Å²) in [6.45, 7) is 1.93. The number of sulfonamides is 1. The lowest BCUT2D eigenvalue weighted by molar-refractivity contribution is 0.585. The minimum atomic E-state index is -3.60. The molecule has 1 aliphatic rings. The topological polar surface area (TPSA) is 61.2 Å². The van der Waals surface area contributed by atoms with Gasteiger partial charge in [-0.3, -0.25) is 4.31 Å². The van der Waals surface area contributed by atoms with Crippen molar-refractivity contribution in [2.45, 2.75) is 24.3 Å². The number of benzene rings is 2. The average molecular weight is 438 g/mol. The molecule has 0 unspecified atom stereocenters. The van der Waals surface area contributed by atoms with Gasteiger partial charge >= 0.3 is 0 Å². The molecule has 23 heavy (non-hydrogen) atoms. The monoisotopic (exact) mass is 438 g/mol. The van der Waals surface area contributed by atoms with Crippen LogP contribution in [0.15, 0.2) is 47.4 Å². The summed E-state index contributed by atoms with van der Waals surface area (Å²) in [4.78, 5) is 0.301. The molecule has 6 heteroatoms. The van der Waals surface area contributed by atoms with Crippen molar-refractivity contribution in [3.63, 3.8) is 0 Å². The van der Waals surface area contributed by atoms with Crippen molar-refractivity contribution in [3.05, 3.63) is 59.2 Å². The van der Waals surface area contributed by atoms with Crippen LogP contribution in [-0.2, 0) is 16.4 Å². The van der Waals surface area contributed by atoms with Crippen LogP contribution in [0.1, 0.15) is 16.7 Å². The number of halogens is 1. The predicted octanol–water partition coefficient (Wildman–Crippen LogP) is 3.42. The Balaban J connectivity index is 2.11. The lowest BCUT2D eigenvalue weighted by Crippen LogP contribution is -2.38. The van der Waals surface area contributed by atoms with E-state index in [0.29, 0.717) is 27.0 Å². The summed E-state index contributed by atoms with van der Waals surface area (Å²) in [5.74, 6) is 0. The first-order chi connectivity index (χ1) is 11.0. The van der Waals surface area contributed by atoms with Gasteiger partial charge in [0.2, 0.25) is 0 Å². The molecule has 0 radical (unpaired) electrons.